The maximum absolute atomic E-state index is 12.6. The Kier molecular flexibility index (Phi) is 3.09. The monoisotopic (exact) mass is 234 g/mol. The van der Waals surface area contributed by atoms with Crippen molar-refractivity contribution in [2.75, 3.05) is 5.32 Å². The van der Waals surface area contributed by atoms with Crippen molar-refractivity contribution in [3.63, 3.8) is 0 Å². The Morgan fingerprint density at radius 2 is 1.65 bits per heavy atom. The Morgan fingerprint density at radius 3 is 2.24 bits per heavy atom. The van der Waals surface area contributed by atoms with Gasteiger partial charge in [-0.25, -0.2) is 13.8 Å². The van der Waals surface area contributed by atoms with Gasteiger partial charge in [-0.1, -0.05) is 0 Å². The molecule has 0 saturated carbocycles. The van der Waals surface area contributed by atoms with Gasteiger partial charge in [0.05, 0.1) is 6.20 Å². The van der Waals surface area contributed by atoms with E-state index in [0.29, 0.717) is 5.69 Å². The van der Waals surface area contributed by atoms with Crippen LogP contribution in [0.2, 0.25) is 0 Å². The van der Waals surface area contributed by atoms with E-state index in [1.165, 1.54) is 30.3 Å². The Bertz CT molecular complexity index is 523. The van der Waals surface area contributed by atoms with E-state index in [0.717, 1.165) is 12.3 Å². The fourth-order valence-electron chi connectivity index (χ4n) is 1.24. The van der Waals surface area contributed by atoms with Crippen LogP contribution >= 0.6 is 0 Å². The van der Waals surface area contributed by atoms with E-state index in [-0.39, 0.29) is 11.5 Å². The number of carbonyl (C=O) groups is 1. The molecule has 1 aromatic heterocycles. The summed E-state index contributed by atoms with van der Waals surface area (Å²) < 4.78 is 25.2. The van der Waals surface area contributed by atoms with Crippen molar-refractivity contribution in [2.45, 2.75) is 0 Å². The van der Waals surface area contributed by atoms with E-state index in [1.807, 2.05) is 0 Å². The van der Waals surface area contributed by atoms with Gasteiger partial charge in [-0.15, -0.1) is 0 Å². The molecule has 86 valence electrons. The normalized spacial score (nSPS) is 10.0. The van der Waals surface area contributed by atoms with Gasteiger partial charge in [0.1, 0.15) is 17.3 Å². The summed E-state index contributed by atoms with van der Waals surface area (Å²) in [4.78, 5) is 15.3. The van der Waals surface area contributed by atoms with Gasteiger partial charge < -0.3 is 5.32 Å². The molecular formula is C12H8F2N2O. The van der Waals surface area contributed by atoms with Gasteiger partial charge in [-0.05, 0) is 36.4 Å². The maximum atomic E-state index is 12.6. The number of benzene rings is 1. The molecule has 3 nitrogen and oxygen atoms in total. The van der Waals surface area contributed by atoms with Gasteiger partial charge in [0.2, 0.25) is 0 Å². The average Bonchev–Trinajstić information content (AvgIpc) is 2.33. The zero-order chi connectivity index (χ0) is 12.3. The fraction of sp³-hybridized carbons (Fsp3) is 0. The molecule has 0 radical (unpaired) electrons. The highest BCUT2D eigenvalue weighted by atomic mass is 19.1. The summed E-state index contributed by atoms with van der Waals surface area (Å²) in [6, 6.07) is 7.73. The molecule has 0 fully saturated rings. The molecule has 1 N–H and O–H groups in total. The number of nitrogens with zero attached hydrogens (tertiary/aromatic N) is 1. The lowest BCUT2D eigenvalue weighted by molar-refractivity contribution is 0.102. The highest BCUT2D eigenvalue weighted by molar-refractivity contribution is 6.02. The van der Waals surface area contributed by atoms with Crippen molar-refractivity contribution in [3.05, 3.63) is 59.9 Å². The van der Waals surface area contributed by atoms with E-state index in [2.05, 4.69) is 10.3 Å². The summed E-state index contributed by atoms with van der Waals surface area (Å²) in [5.74, 6) is -1.37. The van der Waals surface area contributed by atoms with Crippen LogP contribution in [0, 0.1) is 11.6 Å². The molecule has 1 heterocycles. The smallest absolute Gasteiger partial charge is 0.274 e. The van der Waals surface area contributed by atoms with E-state index < -0.39 is 11.7 Å². The predicted octanol–water partition coefficient (Wildman–Crippen LogP) is 2.61. The lowest BCUT2D eigenvalue weighted by Gasteiger charge is -2.04. The number of rotatable bonds is 2. The van der Waals surface area contributed by atoms with Gasteiger partial charge in [0.15, 0.2) is 0 Å². The lowest BCUT2D eigenvalue weighted by atomic mass is 10.3. The maximum Gasteiger partial charge on any atom is 0.274 e. The molecule has 1 amide bonds. The summed E-state index contributed by atoms with van der Waals surface area (Å²) in [6.07, 6.45) is 0.958. The minimum Gasteiger partial charge on any atom is -0.321 e. The molecule has 2 aromatic rings. The van der Waals surface area contributed by atoms with Crippen molar-refractivity contribution in [1.82, 2.24) is 4.98 Å². The van der Waals surface area contributed by atoms with Crippen LogP contribution in [0.5, 0.6) is 0 Å². The molecule has 2 rings (SSSR count). The minimum atomic E-state index is -0.511. The highest BCUT2D eigenvalue weighted by Crippen LogP contribution is 2.09. The fourth-order valence-corrected chi connectivity index (χ4v) is 1.24. The van der Waals surface area contributed by atoms with E-state index in [1.54, 1.807) is 0 Å². The van der Waals surface area contributed by atoms with Crippen molar-refractivity contribution in [3.8, 4) is 0 Å². The standard InChI is InChI=1S/C12H8F2N2O/c13-8-1-4-10(5-2-8)16-12(17)11-6-3-9(14)7-15-11/h1-7H,(H,16,17). The van der Waals surface area contributed by atoms with Crippen molar-refractivity contribution >= 4 is 11.6 Å². The summed E-state index contributed by atoms with van der Waals surface area (Å²) in [5.41, 5.74) is 0.540. The Hall–Kier alpha value is -2.30. The first-order valence-corrected chi connectivity index (χ1v) is 4.83. The van der Waals surface area contributed by atoms with Gasteiger partial charge >= 0.3 is 0 Å². The molecule has 0 aliphatic heterocycles. The molecule has 0 unspecified atom stereocenters. The van der Waals surface area contributed by atoms with E-state index >= 15 is 0 Å². The second-order valence-corrected chi connectivity index (χ2v) is 3.32. The number of halogens is 2. The molecule has 0 saturated heterocycles. The van der Waals surface area contributed by atoms with Crippen LogP contribution in [0.1, 0.15) is 10.5 Å². The summed E-state index contributed by atoms with van der Waals surface area (Å²) in [7, 11) is 0. The molecule has 1 aromatic carbocycles. The Morgan fingerprint density at radius 1 is 1.00 bits per heavy atom. The predicted molar refractivity (Wildman–Crippen MR) is 58.5 cm³/mol. The van der Waals surface area contributed by atoms with Gasteiger partial charge in [0.25, 0.3) is 5.91 Å². The first-order valence-electron chi connectivity index (χ1n) is 4.83. The van der Waals surface area contributed by atoms with Crippen molar-refractivity contribution < 1.29 is 13.6 Å². The van der Waals surface area contributed by atoms with Crippen molar-refractivity contribution in [1.29, 1.82) is 0 Å². The Balaban J connectivity index is 2.11. The third-order valence-corrected chi connectivity index (χ3v) is 2.06. The first kappa shape index (κ1) is 11.2. The number of pyridine rings is 1. The molecule has 0 bridgehead atoms. The molecular weight excluding hydrogens is 226 g/mol. The van der Waals surface area contributed by atoms with Gasteiger partial charge in [0, 0.05) is 5.69 Å². The number of hydrogen-bond donors (Lipinski definition) is 1. The van der Waals surface area contributed by atoms with E-state index in [9.17, 15) is 13.6 Å². The average molecular weight is 234 g/mol. The number of hydrogen-bond acceptors (Lipinski definition) is 2. The Labute approximate surface area is 96.1 Å². The van der Waals surface area contributed by atoms with Crippen LogP contribution < -0.4 is 5.32 Å². The van der Waals surface area contributed by atoms with Crippen LogP contribution in [0.15, 0.2) is 42.6 Å². The van der Waals surface area contributed by atoms with Gasteiger partial charge in [-0.2, -0.15) is 0 Å². The molecule has 0 spiro atoms. The second kappa shape index (κ2) is 4.69. The third-order valence-electron chi connectivity index (χ3n) is 2.06. The largest absolute Gasteiger partial charge is 0.321 e. The quantitative estimate of drug-likeness (QED) is 0.867. The van der Waals surface area contributed by atoms with Crippen molar-refractivity contribution in [2.24, 2.45) is 0 Å². The second-order valence-electron chi connectivity index (χ2n) is 3.32. The highest BCUT2D eigenvalue weighted by Gasteiger charge is 2.07. The number of anilines is 1. The lowest BCUT2D eigenvalue weighted by Crippen LogP contribution is -2.13. The third kappa shape index (κ3) is 2.84. The SMILES string of the molecule is O=C(Nc1ccc(F)cc1)c1ccc(F)cn1. The van der Waals surface area contributed by atoms with Crippen LogP contribution in [0.3, 0.4) is 0 Å². The first-order chi connectivity index (χ1) is 8.15. The van der Waals surface area contributed by atoms with Crippen LogP contribution in [0.4, 0.5) is 14.5 Å². The van der Waals surface area contributed by atoms with E-state index in [4.69, 9.17) is 0 Å². The summed E-state index contributed by atoms with van der Waals surface area (Å²) in [6.45, 7) is 0. The summed E-state index contributed by atoms with van der Waals surface area (Å²) in [5, 5.41) is 2.51. The zero-order valence-corrected chi connectivity index (χ0v) is 8.65. The number of carbonyl (C=O) groups excluding carboxylic acids is 1. The van der Waals surface area contributed by atoms with Gasteiger partial charge in [-0.3, -0.25) is 4.79 Å². The van der Waals surface area contributed by atoms with Crippen LogP contribution in [-0.2, 0) is 0 Å². The minimum absolute atomic E-state index is 0.0933. The topological polar surface area (TPSA) is 42.0 Å². The number of nitrogens with one attached hydrogen (secondary N) is 1. The summed E-state index contributed by atoms with van der Waals surface area (Å²) >= 11 is 0. The molecule has 17 heavy (non-hydrogen) atoms. The molecule has 0 aliphatic rings. The zero-order valence-electron chi connectivity index (χ0n) is 8.65. The molecule has 0 aliphatic carbocycles. The molecule has 5 heteroatoms. The number of amides is 1. The van der Waals surface area contributed by atoms with Crippen LogP contribution in [-0.4, -0.2) is 10.9 Å². The number of aromatic nitrogens is 1. The van der Waals surface area contributed by atoms with Crippen LogP contribution in [0.25, 0.3) is 0 Å². The molecule has 0 atom stereocenters.